The Balaban J connectivity index is 2.12. The molecule has 0 fully saturated rings. The summed E-state index contributed by atoms with van der Waals surface area (Å²) in [6.45, 7) is 2.33. The van der Waals surface area contributed by atoms with E-state index in [1.54, 1.807) is 12.1 Å². The van der Waals surface area contributed by atoms with Crippen LogP contribution >= 0.6 is 22.6 Å². The molecule has 0 aromatic heterocycles. The van der Waals surface area contributed by atoms with E-state index in [9.17, 15) is 8.42 Å². The van der Waals surface area contributed by atoms with Crippen LogP contribution in [0.3, 0.4) is 0 Å². The number of anilines is 1. The largest absolute Gasteiger partial charge is 0.264 e. The predicted octanol–water partition coefficient (Wildman–Crippen LogP) is 3.98. The number of para-hydroxylation sites is 1. The summed E-state index contributed by atoms with van der Waals surface area (Å²) >= 11 is 2.19. The van der Waals surface area contributed by atoms with Crippen molar-refractivity contribution in [1.82, 2.24) is 0 Å². The van der Waals surface area contributed by atoms with Gasteiger partial charge in [0, 0.05) is 3.58 Å². The maximum absolute atomic E-state index is 12.9. The second kappa shape index (κ2) is 5.46. The molecule has 0 unspecified atom stereocenters. The van der Waals surface area contributed by atoms with Gasteiger partial charge in [-0.3, -0.25) is 4.31 Å². The quantitative estimate of drug-likeness (QED) is 0.702. The highest BCUT2D eigenvalue weighted by atomic mass is 127. The fraction of sp³-hybridized carbons (Fsp3) is 0.125. The molecule has 21 heavy (non-hydrogen) atoms. The van der Waals surface area contributed by atoms with E-state index < -0.39 is 10.0 Å². The molecule has 0 atom stereocenters. The average Bonchev–Trinajstić information content (AvgIpc) is 2.46. The van der Waals surface area contributed by atoms with Crippen LogP contribution in [-0.4, -0.2) is 15.0 Å². The zero-order valence-electron chi connectivity index (χ0n) is 11.5. The number of rotatable bonds is 2. The highest BCUT2D eigenvalue weighted by Crippen LogP contribution is 2.34. The molecule has 0 aliphatic carbocycles. The normalized spacial score (nSPS) is 14.6. The van der Waals surface area contributed by atoms with Crippen molar-refractivity contribution in [2.45, 2.75) is 11.8 Å². The molecule has 3 rings (SSSR count). The van der Waals surface area contributed by atoms with Crippen LogP contribution in [0.2, 0.25) is 0 Å². The van der Waals surface area contributed by atoms with Crippen LogP contribution in [0.5, 0.6) is 0 Å². The molecule has 0 saturated carbocycles. The second-order valence-electron chi connectivity index (χ2n) is 4.97. The van der Waals surface area contributed by atoms with Gasteiger partial charge in [0.2, 0.25) is 0 Å². The fourth-order valence-corrected chi connectivity index (χ4v) is 4.70. The summed E-state index contributed by atoms with van der Waals surface area (Å²) in [6, 6.07) is 14.5. The zero-order chi connectivity index (χ0) is 15.0. The predicted molar refractivity (Wildman–Crippen MR) is 94.1 cm³/mol. The lowest BCUT2D eigenvalue weighted by molar-refractivity contribution is 0.592. The lowest BCUT2D eigenvalue weighted by Crippen LogP contribution is -2.34. The van der Waals surface area contributed by atoms with Crippen LogP contribution in [0.15, 0.2) is 57.0 Å². The van der Waals surface area contributed by atoms with E-state index in [0.717, 1.165) is 20.4 Å². The molecule has 0 spiro atoms. The van der Waals surface area contributed by atoms with Crippen LogP contribution in [0, 0.1) is 6.92 Å². The molecular weight excluding hydrogens is 397 g/mol. The molecule has 1 aliphatic rings. The van der Waals surface area contributed by atoms with Gasteiger partial charge in [0.05, 0.1) is 17.1 Å². The molecule has 0 N–H and O–H groups in total. The van der Waals surface area contributed by atoms with Gasteiger partial charge >= 0.3 is 0 Å². The van der Waals surface area contributed by atoms with Gasteiger partial charge in [-0.2, -0.15) is 0 Å². The summed E-state index contributed by atoms with van der Waals surface area (Å²) in [6.07, 6.45) is 2.02. The number of nitrogens with zero attached hydrogens (tertiary/aromatic N) is 1. The molecule has 5 heteroatoms. The van der Waals surface area contributed by atoms with E-state index in [1.807, 2.05) is 49.4 Å². The van der Waals surface area contributed by atoms with Crippen molar-refractivity contribution in [2.75, 3.05) is 10.8 Å². The highest BCUT2D eigenvalue weighted by Gasteiger charge is 2.28. The van der Waals surface area contributed by atoms with Gasteiger partial charge in [-0.05, 0) is 59.4 Å². The Morgan fingerprint density at radius 3 is 2.43 bits per heavy atom. The zero-order valence-corrected chi connectivity index (χ0v) is 14.4. The van der Waals surface area contributed by atoms with Gasteiger partial charge in [-0.1, -0.05) is 35.9 Å². The third kappa shape index (κ3) is 2.72. The first-order valence-corrected chi connectivity index (χ1v) is 9.05. The topological polar surface area (TPSA) is 37.4 Å². The first-order valence-electron chi connectivity index (χ1n) is 6.53. The van der Waals surface area contributed by atoms with Crippen molar-refractivity contribution >= 4 is 44.4 Å². The summed E-state index contributed by atoms with van der Waals surface area (Å²) in [5, 5.41) is 0. The number of aryl methyl sites for hydroxylation is 1. The van der Waals surface area contributed by atoms with E-state index in [-0.39, 0.29) is 0 Å². The third-order valence-corrected chi connectivity index (χ3v) is 5.85. The number of halogens is 1. The van der Waals surface area contributed by atoms with Gasteiger partial charge < -0.3 is 0 Å². The first kappa shape index (κ1) is 14.6. The maximum atomic E-state index is 12.9. The van der Waals surface area contributed by atoms with Gasteiger partial charge in [0.25, 0.3) is 10.0 Å². The van der Waals surface area contributed by atoms with E-state index in [0.29, 0.717) is 11.4 Å². The second-order valence-corrected chi connectivity index (χ2v) is 8.22. The minimum absolute atomic E-state index is 0.328. The van der Waals surface area contributed by atoms with Gasteiger partial charge in [0.15, 0.2) is 0 Å². The molecule has 0 radical (unpaired) electrons. The number of fused-ring (bicyclic) bond motifs is 1. The van der Waals surface area contributed by atoms with Crippen molar-refractivity contribution in [1.29, 1.82) is 0 Å². The summed E-state index contributed by atoms with van der Waals surface area (Å²) in [5.74, 6) is 0. The lowest BCUT2D eigenvalue weighted by Gasteiger charge is -2.29. The smallest absolute Gasteiger partial charge is 0.261 e. The van der Waals surface area contributed by atoms with Gasteiger partial charge in [-0.25, -0.2) is 8.42 Å². The van der Waals surface area contributed by atoms with E-state index in [2.05, 4.69) is 22.6 Å². The lowest BCUT2D eigenvalue weighted by atomic mass is 10.1. The molecular formula is C16H14INO2S. The molecule has 1 aliphatic heterocycles. The molecule has 2 aromatic rings. The highest BCUT2D eigenvalue weighted by molar-refractivity contribution is 14.1. The number of hydrogen-bond donors (Lipinski definition) is 0. The van der Waals surface area contributed by atoms with Crippen LogP contribution in [-0.2, 0) is 10.0 Å². The number of sulfonamides is 1. The number of hydrogen-bond acceptors (Lipinski definition) is 2. The van der Waals surface area contributed by atoms with Gasteiger partial charge in [-0.15, -0.1) is 0 Å². The van der Waals surface area contributed by atoms with Crippen molar-refractivity contribution in [3.05, 3.63) is 63.2 Å². The summed E-state index contributed by atoms with van der Waals surface area (Å²) in [7, 11) is -3.54. The Morgan fingerprint density at radius 2 is 1.71 bits per heavy atom. The van der Waals surface area contributed by atoms with Crippen molar-refractivity contribution in [3.63, 3.8) is 0 Å². The van der Waals surface area contributed by atoms with Crippen molar-refractivity contribution in [3.8, 4) is 0 Å². The van der Waals surface area contributed by atoms with Crippen LogP contribution in [0.25, 0.3) is 6.08 Å². The molecule has 108 valence electrons. The Hall–Kier alpha value is -1.34. The molecule has 0 amide bonds. The average molecular weight is 411 g/mol. The Bertz CT molecular complexity index is 810. The van der Waals surface area contributed by atoms with Crippen molar-refractivity contribution < 1.29 is 8.42 Å². The van der Waals surface area contributed by atoms with Crippen LogP contribution in [0.1, 0.15) is 11.1 Å². The van der Waals surface area contributed by atoms with Crippen molar-refractivity contribution in [2.24, 2.45) is 0 Å². The monoisotopic (exact) mass is 411 g/mol. The third-order valence-electron chi connectivity index (χ3n) is 3.42. The van der Waals surface area contributed by atoms with E-state index in [1.165, 1.54) is 4.31 Å². The van der Waals surface area contributed by atoms with Crippen LogP contribution < -0.4 is 4.31 Å². The van der Waals surface area contributed by atoms with Gasteiger partial charge in [0.1, 0.15) is 0 Å². The molecule has 2 aromatic carbocycles. The standard InChI is InChI=1S/C16H14INO2S/c1-12-6-8-15(9-7-12)21(19,20)18-11-14(17)10-13-4-2-3-5-16(13)18/h2-10H,11H2,1H3. The summed E-state index contributed by atoms with van der Waals surface area (Å²) < 4.78 is 28.3. The minimum Gasteiger partial charge on any atom is -0.261 e. The van der Waals surface area contributed by atoms with E-state index in [4.69, 9.17) is 0 Å². The molecule has 3 nitrogen and oxygen atoms in total. The molecule has 0 saturated heterocycles. The Morgan fingerprint density at radius 1 is 1.05 bits per heavy atom. The van der Waals surface area contributed by atoms with E-state index >= 15 is 0 Å². The van der Waals surface area contributed by atoms with Crippen LogP contribution in [0.4, 0.5) is 5.69 Å². The minimum atomic E-state index is -3.54. The molecule has 0 bridgehead atoms. The SMILES string of the molecule is Cc1ccc(S(=O)(=O)N2CC(I)=Cc3ccccc32)cc1. The Kier molecular flexibility index (Phi) is 3.79. The summed E-state index contributed by atoms with van der Waals surface area (Å²) in [5.41, 5.74) is 2.71. The first-order chi connectivity index (χ1) is 9.98. The Labute approximate surface area is 138 Å². The molecule has 1 heterocycles. The number of benzene rings is 2. The maximum Gasteiger partial charge on any atom is 0.264 e. The fourth-order valence-electron chi connectivity index (χ4n) is 2.33. The summed E-state index contributed by atoms with van der Waals surface area (Å²) in [4.78, 5) is 0.328.